The normalized spacial score (nSPS) is 37.8. The molecule has 2 atom stereocenters. The molecule has 2 fully saturated rings. The maximum Gasteiger partial charge on any atom is 0.0507 e. The third kappa shape index (κ3) is 1.80. The Kier molecular flexibility index (Phi) is 2.66. The molecule has 0 amide bonds. The molecule has 0 spiro atoms. The van der Waals surface area contributed by atoms with Gasteiger partial charge in [0.25, 0.3) is 0 Å². The van der Waals surface area contributed by atoms with Crippen molar-refractivity contribution in [3.8, 4) is 0 Å². The van der Waals surface area contributed by atoms with Gasteiger partial charge in [-0.2, -0.15) is 0 Å². The van der Waals surface area contributed by atoms with Gasteiger partial charge >= 0.3 is 0 Å². The molecule has 2 saturated heterocycles. The van der Waals surface area contributed by atoms with E-state index < -0.39 is 0 Å². The number of ether oxygens (including phenoxy) is 1. The minimum atomic E-state index is 0.825. The summed E-state index contributed by atoms with van der Waals surface area (Å²) in [4.78, 5) is 2.62. The van der Waals surface area contributed by atoms with Crippen molar-refractivity contribution in [3.05, 3.63) is 0 Å². The van der Waals surface area contributed by atoms with Crippen LogP contribution in [0.3, 0.4) is 0 Å². The average Bonchev–Trinajstić information content (AvgIpc) is 2.65. The van der Waals surface area contributed by atoms with Crippen LogP contribution in [0.25, 0.3) is 0 Å². The highest BCUT2D eigenvalue weighted by molar-refractivity contribution is 4.78. The SMILES string of the molecule is CC1CCCN1CC1CCOC1. The molecule has 0 N–H and O–H groups in total. The monoisotopic (exact) mass is 169 g/mol. The summed E-state index contributed by atoms with van der Waals surface area (Å²) in [7, 11) is 0. The first-order valence-corrected chi connectivity index (χ1v) is 5.18. The third-order valence-corrected chi connectivity index (χ3v) is 3.21. The van der Waals surface area contributed by atoms with Gasteiger partial charge in [0.15, 0.2) is 0 Å². The van der Waals surface area contributed by atoms with Gasteiger partial charge < -0.3 is 9.64 Å². The molecule has 2 nitrogen and oxygen atoms in total. The number of rotatable bonds is 2. The maximum atomic E-state index is 5.38. The van der Waals surface area contributed by atoms with Crippen LogP contribution in [0.2, 0.25) is 0 Å². The van der Waals surface area contributed by atoms with E-state index in [1.54, 1.807) is 0 Å². The van der Waals surface area contributed by atoms with Crippen molar-refractivity contribution in [2.24, 2.45) is 5.92 Å². The highest BCUT2D eigenvalue weighted by atomic mass is 16.5. The maximum absolute atomic E-state index is 5.38. The van der Waals surface area contributed by atoms with Crippen LogP contribution in [-0.4, -0.2) is 37.2 Å². The average molecular weight is 169 g/mol. The second kappa shape index (κ2) is 3.75. The van der Waals surface area contributed by atoms with Crippen molar-refractivity contribution in [1.82, 2.24) is 4.90 Å². The van der Waals surface area contributed by atoms with Gasteiger partial charge in [-0.15, -0.1) is 0 Å². The molecule has 2 unspecified atom stereocenters. The van der Waals surface area contributed by atoms with Gasteiger partial charge in [-0.1, -0.05) is 0 Å². The molecule has 0 saturated carbocycles. The third-order valence-electron chi connectivity index (χ3n) is 3.21. The molecular weight excluding hydrogens is 150 g/mol. The Bertz CT molecular complexity index is 143. The molecule has 2 rings (SSSR count). The summed E-state index contributed by atoms with van der Waals surface area (Å²) in [6.45, 7) is 6.94. The van der Waals surface area contributed by atoms with Gasteiger partial charge in [0.05, 0.1) is 6.61 Å². The predicted octanol–water partition coefficient (Wildman–Crippen LogP) is 1.51. The van der Waals surface area contributed by atoms with Crippen LogP contribution >= 0.6 is 0 Å². The highest BCUT2D eigenvalue weighted by Crippen LogP contribution is 2.21. The van der Waals surface area contributed by atoms with Gasteiger partial charge in [-0.25, -0.2) is 0 Å². The van der Waals surface area contributed by atoms with Crippen LogP contribution in [0.15, 0.2) is 0 Å². The summed E-state index contributed by atoms with van der Waals surface area (Å²) in [5, 5.41) is 0. The van der Waals surface area contributed by atoms with Gasteiger partial charge in [0, 0.05) is 19.2 Å². The summed E-state index contributed by atoms with van der Waals surface area (Å²) in [5.41, 5.74) is 0. The second-order valence-corrected chi connectivity index (χ2v) is 4.22. The standard InChI is InChI=1S/C10H19NO/c1-9-3-2-5-11(9)7-10-4-6-12-8-10/h9-10H,2-8H2,1H3. The minimum absolute atomic E-state index is 0.825. The first kappa shape index (κ1) is 8.52. The molecule has 0 aromatic carbocycles. The van der Waals surface area contributed by atoms with Crippen LogP contribution in [0.1, 0.15) is 26.2 Å². The predicted molar refractivity (Wildman–Crippen MR) is 49.2 cm³/mol. The number of nitrogens with zero attached hydrogens (tertiary/aromatic N) is 1. The first-order chi connectivity index (χ1) is 5.86. The van der Waals surface area contributed by atoms with E-state index in [1.165, 1.54) is 32.4 Å². The van der Waals surface area contributed by atoms with Crippen molar-refractivity contribution in [1.29, 1.82) is 0 Å². The fraction of sp³-hybridized carbons (Fsp3) is 1.00. The minimum Gasteiger partial charge on any atom is -0.381 e. The van der Waals surface area contributed by atoms with Crippen molar-refractivity contribution in [2.45, 2.75) is 32.2 Å². The second-order valence-electron chi connectivity index (χ2n) is 4.22. The highest BCUT2D eigenvalue weighted by Gasteiger charge is 2.25. The van der Waals surface area contributed by atoms with Crippen molar-refractivity contribution in [3.63, 3.8) is 0 Å². The quantitative estimate of drug-likeness (QED) is 0.621. The summed E-state index contributed by atoms with van der Waals surface area (Å²) in [6.07, 6.45) is 4.07. The van der Waals surface area contributed by atoms with E-state index in [4.69, 9.17) is 4.74 Å². The Hall–Kier alpha value is -0.0800. The lowest BCUT2D eigenvalue weighted by Crippen LogP contribution is -2.32. The zero-order valence-electron chi connectivity index (χ0n) is 7.96. The zero-order valence-corrected chi connectivity index (χ0v) is 7.96. The van der Waals surface area contributed by atoms with E-state index in [9.17, 15) is 0 Å². The van der Waals surface area contributed by atoms with E-state index >= 15 is 0 Å². The van der Waals surface area contributed by atoms with Gasteiger partial charge in [-0.3, -0.25) is 0 Å². The molecule has 70 valence electrons. The summed E-state index contributed by atoms with van der Waals surface area (Å²) in [6, 6.07) is 0.825. The summed E-state index contributed by atoms with van der Waals surface area (Å²) in [5.74, 6) is 0.825. The Morgan fingerprint density at radius 2 is 2.33 bits per heavy atom. The van der Waals surface area contributed by atoms with Crippen LogP contribution in [-0.2, 0) is 4.74 Å². The molecule has 12 heavy (non-hydrogen) atoms. The Labute approximate surface area is 74.9 Å². The lowest BCUT2D eigenvalue weighted by Gasteiger charge is -2.23. The molecule has 0 aliphatic carbocycles. The van der Waals surface area contributed by atoms with Crippen molar-refractivity contribution < 1.29 is 4.74 Å². The molecule has 2 aliphatic rings. The van der Waals surface area contributed by atoms with Crippen LogP contribution in [0.5, 0.6) is 0 Å². The number of hydrogen-bond donors (Lipinski definition) is 0. The molecule has 0 bridgehead atoms. The zero-order chi connectivity index (χ0) is 8.39. The van der Waals surface area contributed by atoms with Gasteiger partial charge in [0.2, 0.25) is 0 Å². The van der Waals surface area contributed by atoms with E-state index in [2.05, 4.69) is 11.8 Å². The summed E-state index contributed by atoms with van der Waals surface area (Å²) < 4.78 is 5.38. The van der Waals surface area contributed by atoms with Gasteiger partial charge in [-0.05, 0) is 38.6 Å². The fourth-order valence-electron chi connectivity index (χ4n) is 2.32. The van der Waals surface area contributed by atoms with E-state index in [0.717, 1.165) is 25.2 Å². The van der Waals surface area contributed by atoms with E-state index in [0.29, 0.717) is 0 Å². The molecule has 0 radical (unpaired) electrons. The van der Waals surface area contributed by atoms with E-state index in [-0.39, 0.29) is 0 Å². The molecular formula is C10H19NO. The summed E-state index contributed by atoms with van der Waals surface area (Å²) >= 11 is 0. The van der Waals surface area contributed by atoms with E-state index in [1.807, 2.05) is 0 Å². The molecule has 0 aromatic heterocycles. The van der Waals surface area contributed by atoms with Crippen LogP contribution in [0.4, 0.5) is 0 Å². The number of hydrogen-bond acceptors (Lipinski definition) is 2. The van der Waals surface area contributed by atoms with Crippen molar-refractivity contribution >= 4 is 0 Å². The Morgan fingerprint density at radius 1 is 1.42 bits per heavy atom. The topological polar surface area (TPSA) is 12.5 Å². The first-order valence-electron chi connectivity index (χ1n) is 5.18. The van der Waals surface area contributed by atoms with Crippen molar-refractivity contribution in [2.75, 3.05) is 26.3 Å². The van der Waals surface area contributed by atoms with Crippen LogP contribution in [0, 0.1) is 5.92 Å². The van der Waals surface area contributed by atoms with Crippen LogP contribution < -0.4 is 0 Å². The smallest absolute Gasteiger partial charge is 0.0507 e. The Balaban J connectivity index is 1.77. The lowest BCUT2D eigenvalue weighted by atomic mass is 10.1. The molecule has 0 aromatic rings. The lowest BCUT2D eigenvalue weighted by molar-refractivity contribution is 0.165. The molecule has 2 heteroatoms. The number of likely N-dealkylation sites (tertiary alicyclic amines) is 1. The fourth-order valence-corrected chi connectivity index (χ4v) is 2.32. The largest absolute Gasteiger partial charge is 0.381 e. The van der Waals surface area contributed by atoms with Gasteiger partial charge in [0.1, 0.15) is 0 Å². The Morgan fingerprint density at radius 3 is 2.92 bits per heavy atom. The molecule has 2 heterocycles. The molecule has 2 aliphatic heterocycles.